The Kier molecular flexibility index (Phi) is 5.05. The molecule has 2 unspecified atom stereocenters. The van der Waals surface area contributed by atoms with Gasteiger partial charge in [0.15, 0.2) is 5.69 Å². The summed E-state index contributed by atoms with van der Waals surface area (Å²) in [6, 6.07) is 5.92. The normalized spacial score (nSPS) is 25.0. The molecule has 2 aliphatic rings. The van der Waals surface area contributed by atoms with Gasteiger partial charge in [-0.15, -0.1) is 0 Å². The first kappa shape index (κ1) is 20.4. The summed E-state index contributed by atoms with van der Waals surface area (Å²) in [5, 5.41) is 19.2. The molecule has 0 aliphatic heterocycles. The molecule has 2 fully saturated rings. The fourth-order valence-corrected chi connectivity index (χ4v) is 4.18. The summed E-state index contributed by atoms with van der Waals surface area (Å²) in [6.45, 7) is 0.0358. The third-order valence-corrected chi connectivity index (χ3v) is 5.80. The molecule has 2 aliphatic carbocycles. The van der Waals surface area contributed by atoms with E-state index in [0.29, 0.717) is 18.4 Å². The second kappa shape index (κ2) is 7.42. The SMILES string of the molecule is CNC(=O)c1cc(C(=O)NC2C3CC(O)CC32)n(Cc2ccc(C(F)(F)F)cc2)n1. The predicted molar refractivity (Wildman–Crippen MR) is 99.6 cm³/mol. The molecule has 3 N–H and O–H groups in total. The number of hydrogen-bond donors (Lipinski definition) is 3. The first-order chi connectivity index (χ1) is 14.2. The van der Waals surface area contributed by atoms with Crippen molar-refractivity contribution < 1.29 is 27.9 Å². The van der Waals surface area contributed by atoms with Crippen LogP contribution in [0.1, 0.15) is 44.9 Å². The highest BCUT2D eigenvalue weighted by Gasteiger charge is 2.56. The van der Waals surface area contributed by atoms with Gasteiger partial charge in [-0.05, 0) is 42.4 Å². The number of aromatic nitrogens is 2. The largest absolute Gasteiger partial charge is 0.416 e. The van der Waals surface area contributed by atoms with Gasteiger partial charge in [-0.3, -0.25) is 14.3 Å². The first-order valence-electron chi connectivity index (χ1n) is 9.62. The number of rotatable bonds is 5. The lowest BCUT2D eigenvalue weighted by Crippen LogP contribution is -2.31. The van der Waals surface area contributed by atoms with Crippen molar-refractivity contribution in [2.75, 3.05) is 7.05 Å². The number of alkyl halides is 3. The van der Waals surface area contributed by atoms with E-state index in [2.05, 4.69) is 15.7 Å². The number of benzene rings is 1. The molecule has 2 aromatic rings. The van der Waals surface area contributed by atoms with Crippen LogP contribution in [-0.2, 0) is 12.7 Å². The monoisotopic (exact) mass is 422 g/mol. The van der Waals surface area contributed by atoms with E-state index < -0.39 is 23.6 Å². The van der Waals surface area contributed by atoms with E-state index >= 15 is 0 Å². The third kappa shape index (κ3) is 3.91. The van der Waals surface area contributed by atoms with Crippen LogP contribution in [0.3, 0.4) is 0 Å². The summed E-state index contributed by atoms with van der Waals surface area (Å²) < 4.78 is 39.6. The van der Waals surface area contributed by atoms with Crippen LogP contribution in [0.2, 0.25) is 0 Å². The summed E-state index contributed by atoms with van der Waals surface area (Å²) in [4.78, 5) is 24.8. The first-order valence-corrected chi connectivity index (χ1v) is 9.62. The minimum Gasteiger partial charge on any atom is -0.393 e. The van der Waals surface area contributed by atoms with Crippen LogP contribution in [0.25, 0.3) is 0 Å². The molecule has 1 aromatic heterocycles. The van der Waals surface area contributed by atoms with Gasteiger partial charge >= 0.3 is 6.18 Å². The molecule has 0 bridgehead atoms. The number of carbonyl (C=O) groups is 2. The lowest BCUT2D eigenvalue weighted by atomic mass is 10.1. The van der Waals surface area contributed by atoms with Crippen molar-refractivity contribution in [3.8, 4) is 0 Å². The van der Waals surface area contributed by atoms with Gasteiger partial charge in [0.1, 0.15) is 5.69 Å². The van der Waals surface area contributed by atoms with Crippen molar-refractivity contribution in [3.05, 3.63) is 52.8 Å². The average Bonchev–Trinajstić information content (AvgIpc) is 3.04. The van der Waals surface area contributed by atoms with Crippen LogP contribution >= 0.6 is 0 Å². The summed E-state index contributed by atoms with van der Waals surface area (Å²) >= 11 is 0. The minimum absolute atomic E-state index is 0.0150. The predicted octanol–water partition coefficient (Wildman–Crippen LogP) is 1.81. The Balaban J connectivity index is 1.53. The smallest absolute Gasteiger partial charge is 0.393 e. The van der Waals surface area contributed by atoms with Crippen molar-refractivity contribution in [2.24, 2.45) is 11.8 Å². The molecule has 0 radical (unpaired) electrons. The lowest BCUT2D eigenvalue weighted by molar-refractivity contribution is -0.137. The maximum atomic E-state index is 12.8. The maximum Gasteiger partial charge on any atom is 0.416 e. The highest BCUT2D eigenvalue weighted by Crippen LogP contribution is 2.52. The van der Waals surface area contributed by atoms with E-state index in [1.54, 1.807) is 0 Å². The number of nitrogens with one attached hydrogen (secondary N) is 2. The van der Waals surface area contributed by atoms with Gasteiger partial charge in [-0.25, -0.2) is 0 Å². The Morgan fingerprint density at radius 2 is 1.80 bits per heavy atom. The van der Waals surface area contributed by atoms with Crippen LogP contribution in [0, 0.1) is 11.8 Å². The van der Waals surface area contributed by atoms with Crippen LogP contribution in [0.5, 0.6) is 0 Å². The van der Waals surface area contributed by atoms with Gasteiger partial charge in [0.2, 0.25) is 0 Å². The van der Waals surface area contributed by atoms with Gasteiger partial charge in [-0.2, -0.15) is 18.3 Å². The van der Waals surface area contributed by atoms with Gasteiger partial charge < -0.3 is 15.7 Å². The van der Waals surface area contributed by atoms with Gasteiger partial charge in [0.05, 0.1) is 18.2 Å². The molecule has 30 heavy (non-hydrogen) atoms. The second-order valence-electron chi connectivity index (χ2n) is 7.80. The highest BCUT2D eigenvalue weighted by molar-refractivity contribution is 5.98. The molecule has 2 saturated carbocycles. The molecule has 0 saturated heterocycles. The Morgan fingerprint density at radius 1 is 1.17 bits per heavy atom. The zero-order valence-electron chi connectivity index (χ0n) is 16.1. The Hall–Kier alpha value is -2.88. The van der Waals surface area contributed by atoms with Crippen molar-refractivity contribution in [2.45, 2.75) is 37.7 Å². The van der Waals surface area contributed by atoms with E-state index in [0.717, 1.165) is 12.1 Å². The average molecular weight is 422 g/mol. The molecular formula is C20H21F3N4O3. The Labute approximate surface area is 170 Å². The molecule has 7 nitrogen and oxygen atoms in total. The molecule has 160 valence electrons. The van der Waals surface area contributed by atoms with Crippen LogP contribution in [0.4, 0.5) is 13.2 Å². The molecule has 4 rings (SSSR count). The van der Waals surface area contributed by atoms with Crippen molar-refractivity contribution in [1.29, 1.82) is 0 Å². The summed E-state index contributed by atoms with van der Waals surface area (Å²) in [6.07, 6.45) is -3.44. The molecule has 2 atom stereocenters. The quantitative estimate of drug-likeness (QED) is 0.685. The molecule has 10 heteroatoms. The summed E-state index contributed by atoms with van der Waals surface area (Å²) in [5.41, 5.74) is -0.0618. The number of aliphatic hydroxyl groups is 1. The number of nitrogens with zero attached hydrogens (tertiary/aromatic N) is 2. The molecular weight excluding hydrogens is 401 g/mol. The fraction of sp³-hybridized carbons (Fsp3) is 0.450. The van der Waals surface area contributed by atoms with E-state index in [1.807, 2.05) is 0 Å². The maximum absolute atomic E-state index is 12.8. The van der Waals surface area contributed by atoms with Crippen LogP contribution in [0.15, 0.2) is 30.3 Å². The summed E-state index contributed by atoms with van der Waals surface area (Å²) in [5.74, 6) is -0.359. The fourth-order valence-electron chi connectivity index (χ4n) is 4.18. The summed E-state index contributed by atoms with van der Waals surface area (Å²) in [7, 11) is 1.44. The zero-order chi connectivity index (χ0) is 21.6. The van der Waals surface area contributed by atoms with E-state index in [9.17, 15) is 27.9 Å². The highest BCUT2D eigenvalue weighted by atomic mass is 19.4. The van der Waals surface area contributed by atoms with E-state index in [1.165, 1.54) is 29.9 Å². The number of aliphatic hydroxyl groups excluding tert-OH is 1. The Bertz CT molecular complexity index is 959. The number of hydrogen-bond acceptors (Lipinski definition) is 4. The molecule has 1 aromatic carbocycles. The van der Waals surface area contributed by atoms with Crippen LogP contribution < -0.4 is 10.6 Å². The van der Waals surface area contributed by atoms with Gasteiger partial charge in [-0.1, -0.05) is 12.1 Å². The minimum atomic E-state index is -4.43. The Morgan fingerprint density at radius 3 is 2.37 bits per heavy atom. The molecule has 0 spiro atoms. The van der Waals surface area contributed by atoms with Crippen LogP contribution in [-0.4, -0.2) is 45.9 Å². The number of fused-ring (bicyclic) bond motifs is 1. The standard InChI is InChI=1S/C20H21F3N4O3/c1-24-18(29)15-8-16(19(30)25-17-13-6-12(28)7-14(13)17)27(26-15)9-10-2-4-11(5-3-10)20(21,22)23/h2-5,8,12-14,17,28H,6-7,9H2,1H3,(H,24,29)(H,25,30). The van der Waals surface area contributed by atoms with E-state index in [4.69, 9.17) is 0 Å². The second-order valence-corrected chi connectivity index (χ2v) is 7.80. The number of carbonyl (C=O) groups excluding carboxylic acids is 2. The van der Waals surface area contributed by atoms with E-state index in [-0.39, 0.29) is 41.9 Å². The van der Waals surface area contributed by atoms with Crippen molar-refractivity contribution >= 4 is 11.8 Å². The number of amides is 2. The van der Waals surface area contributed by atoms with Crippen molar-refractivity contribution in [3.63, 3.8) is 0 Å². The van der Waals surface area contributed by atoms with Crippen molar-refractivity contribution in [1.82, 2.24) is 20.4 Å². The topological polar surface area (TPSA) is 96.3 Å². The molecule has 1 heterocycles. The lowest BCUT2D eigenvalue weighted by Gasteiger charge is -2.12. The van der Waals surface area contributed by atoms with Gasteiger partial charge in [0.25, 0.3) is 11.8 Å². The number of halogens is 3. The third-order valence-electron chi connectivity index (χ3n) is 5.80. The molecule has 2 amide bonds. The van der Waals surface area contributed by atoms with Gasteiger partial charge in [0, 0.05) is 19.2 Å². The zero-order valence-corrected chi connectivity index (χ0v) is 16.1.